The zero-order valence-corrected chi connectivity index (χ0v) is 24.3. The van der Waals surface area contributed by atoms with Crippen molar-refractivity contribution in [1.29, 1.82) is 0 Å². The van der Waals surface area contributed by atoms with Gasteiger partial charge >= 0.3 is 11.9 Å². The monoisotopic (exact) mass is 574 g/mol. The van der Waals surface area contributed by atoms with Crippen molar-refractivity contribution in [3.63, 3.8) is 0 Å². The lowest BCUT2D eigenvalue weighted by atomic mass is 9.80. The molecule has 2 aliphatic rings. The number of rotatable bonds is 14. The summed E-state index contributed by atoms with van der Waals surface area (Å²) >= 11 is 0. The van der Waals surface area contributed by atoms with Crippen LogP contribution in [-0.4, -0.2) is 51.6 Å². The molecule has 2 fully saturated rings. The fourth-order valence-corrected chi connectivity index (χ4v) is 4.80. The standard InChI is InChI=1S/C34H38O8/c1-3-33(20-38-21-33)17-18-40-28-13-15-30(16-14-28)42-32(36)27-9-7-26(8-10-27)31(35)41-29-11-5-25(6-12-29)19-37-22-34(4-2)23-39-24-34/h5-16H,3-4,17-24H2,1-2H3. The van der Waals surface area contributed by atoms with Crippen LogP contribution in [0.4, 0.5) is 0 Å². The molecule has 8 heteroatoms. The second-order valence-corrected chi connectivity index (χ2v) is 11.3. The molecule has 5 rings (SSSR count). The highest BCUT2D eigenvalue weighted by atomic mass is 16.5. The molecule has 0 atom stereocenters. The Balaban J connectivity index is 1.05. The van der Waals surface area contributed by atoms with Crippen LogP contribution < -0.4 is 14.2 Å². The molecule has 0 aromatic heterocycles. The van der Waals surface area contributed by atoms with Crippen molar-refractivity contribution in [3.8, 4) is 17.2 Å². The molecule has 2 aliphatic heterocycles. The maximum Gasteiger partial charge on any atom is 0.343 e. The van der Waals surface area contributed by atoms with Gasteiger partial charge in [0.2, 0.25) is 0 Å². The normalized spacial score (nSPS) is 16.5. The second-order valence-electron chi connectivity index (χ2n) is 11.3. The van der Waals surface area contributed by atoms with Crippen LogP contribution in [0.1, 0.15) is 59.4 Å². The van der Waals surface area contributed by atoms with Crippen LogP contribution in [0.5, 0.6) is 17.2 Å². The van der Waals surface area contributed by atoms with E-state index in [1.54, 1.807) is 60.7 Å². The first-order valence-corrected chi connectivity index (χ1v) is 14.5. The van der Waals surface area contributed by atoms with Crippen LogP contribution in [0.25, 0.3) is 0 Å². The van der Waals surface area contributed by atoms with Gasteiger partial charge in [0.1, 0.15) is 17.2 Å². The van der Waals surface area contributed by atoms with Crippen molar-refractivity contribution in [2.75, 3.05) is 39.6 Å². The fraction of sp³-hybridized carbons (Fsp3) is 0.412. The summed E-state index contributed by atoms with van der Waals surface area (Å²) in [5, 5.41) is 0. The summed E-state index contributed by atoms with van der Waals surface area (Å²) in [6.45, 7) is 9.19. The lowest BCUT2D eigenvalue weighted by Crippen LogP contribution is -2.45. The average Bonchev–Trinajstić information content (AvgIpc) is 2.97. The predicted octanol–water partition coefficient (Wildman–Crippen LogP) is 6.26. The van der Waals surface area contributed by atoms with Crippen LogP contribution in [0, 0.1) is 10.8 Å². The van der Waals surface area contributed by atoms with Crippen LogP contribution in [0.3, 0.4) is 0 Å². The van der Waals surface area contributed by atoms with Gasteiger partial charge < -0.3 is 28.4 Å². The zero-order chi connectivity index (χ0) is 29.4. The molecule has 8 nitrogen and oxygen atoms in total. The van der Waals surface area contributed by atoms with Gasteiger partial charge in [0.25, 0.3) is 0 Å². The molecular weight excluding hydrogens is 536 g/mol. The van der Waals surface area contributed by atoms with E-state index < -0.39 is 11.9 Å². The minimum atomic E-state index is -0.522. The Morgan fingerprint density at radius 3 is 1.60 bits per heavy atom. The van der Waals surface area contributed by atoms with E-state index in [4.69, 9.17) is 28.4 Å². The first-order valence-electron chi connectivity index (χ1n) is 14.5. The highest BCUT2D eigenvalue weighted by molar-refractivity contribution is 5.94. The van der Waals surface area contributed by atoms with Gasteiger partial charge in [-0.1, -0.05) is 26.0 Å². The largest absolute Gasteiger partial charge is 0.494 e. The molecule has 0 radical (unpaired) electrons. The van der Waals surface area contributed by atoms with Crippen molar-refractivity contribution in [3.05, 3.63) is 89.5 Å². The van der Waals surface area contributed by atoms with E-state index in [9.17, 15) is 9.59 Å². The quantitative estimate of drug-likeness (QED) is 0.165. The molecule has 2 saturated heterocycles. The maximum atomic E-state index is 12.6. The Morgan fingerprint density at radius 1 is 0.667 bits per heavy atom. The van der Waals surface area contributed by atoms with Gasteiger partial charge in [0.05, 0.1) is 57.4 Å². The highest BCUT2D eigenvalue weighted by Crippen LogP contribution is 2.35. The Bertz CT molecular complexity index is 1210. The number of carbonyl (C=O) groups is 2. The first-order chi connectivity index (χ1) is 20.4. The van der Waals surface area contributed by atoms with Crippen molar-refractivity contribution in [1.82, 2.24) is 0 Å². The van der Waals surface area contributed by atoms with Gasteiger partial charge in [-0.25, -0.2) is 9.59 Å². The second kappa shape index (κ2) is 13.5. The molecule has 222 valence electrons. The summed E-state index contributed by atoms with van der Waals surface area (Å²) in [7, 11) is 0. The smallest absolute Gasteiger partial charge is 0.343 e. The number of carbonyl (C=O) groups excluding carboxylic acids is 2. The fourth-order valence-electron chi connectivity index (χ4n) is 4.80. The molecule has 0 aliphatic carbocycles. The highest BCUT2D eigenvalue weighted by Gasteiger charge is 2.37. The Morgan fingerprint density at radius 2 is 1.14 bits per heavy atom. The SMILES string of the molecule is CCC1(CCOc2ccc(OC(=O)c3ccc(C(=O)Oc4ccc(COCC5(CC)COC5)cc4)cc3)cc2)COC1. The van der Waals surface area contributed by atoms with E-state index in [0.29, 0.717) is 42.4 Å². The molecule has 0 bridgehead atoms. The Labute approximate surface area is 246 Å². The van der Waals surface area contributed by atoms with Crippen molar-refractivity contribution in [2.45, 2.75) is 39.7 Å². The van der Waals surface area contributed by atoms with Crippen molar-refractivity contribution >= 4 is 11.9 Å². The van der Waals surface area contributed by atoms with Gasteiger partial charge in [-0.3, -0.25) is 0 Å². The average molecular weight is 575 g/mol. The van der Waals surface area contributed by atoms with Crippen molar-refractivity contribution < 1.29 is 38.0 Å². The number of ether oxygens (including phenoxy) is 6. The van der Waals surface area contributed by atoms with E-state index in [1.165, 1.54) is 0 Å². The van der Waals surface area contributed by atoms with Gasteiger partial charge in [-0.15, -0.1) is 0 Å². The summed E-state index contributed by atoms with van der Waals surface area (Å²) in [6.07, 6.45) is 3.06. The number of benzene rings is 3. The third-order valence-electron chi connectivity index (χ3n) is 8.24. The van der Waals surface area contributed by atoms with E-state index in [2.05, 4.69) is 13.8 Å². The summed E-state index contributed by atoms with van der Waals surface area (Å²) in [6, 6.07) is 20.4. The molecule has 42 heavy (non-hydrogen) atoms. The maximum absolute atomic E-state index is 12.6. The molecule has 3 aromatic rings. The van der Waals surface area contributed by atoms with E-state index in [0.717, 1.165) is 57.0 Å². The van der Waals surface area contributed by atoms with E-state index in [-0.39, 0.29) is 10.8 Å². The lowest BCUT2D eigenvalue weighted by molar-refractivity contribution is -0.152. The topological polar surface area (TPSA) is 89.5 Å². The van der Waals surface area contributed by atoms with Crippen LogP contribution in [-0.2, 0) is 20.8 Å². The molecule has 2 heterocycles. The first kappa shape index (κ1) is 29.8. The minimum Gasteiger partial charge on any atom is -0.494 e. The van der Waals surface area contributed by atoms with Gasteiger partial charge in [0, 0.05) is 10.8 Å². The number of hydrogen-bond donors (Lipinski definition) is 0. The number of esters is 2. The van der Waals surface area contributed by atoms with Crippen molar-refractivity contribution in [2.24, 2.45) is 10.8 Å². The molecule has 0 N–H and O–H groups in total. The molecule has 0 spiro atoms. The van der Waals surface area contributed by atoms with E-state index in [1.807, 2.05) is 12.1 Å². The molecule has 3 aromatic carbocycles. The third-order valence-corrected chi connectivity index (χ3v) is 8.24. The Hall–Kier alpha value is -3.72. The molecular formula is C34H38O8. The Kier molecular flexibility index (Phi) is 9.57. The van der Waals surface area contributed by atoms with Crippen LogP contribution >= 0.6 is 0 Å². The summed E-state index contributed by atoms with van der Waals surface area (Å²) in [5.74, 6) is 0.518. The number of hydrogen-bond acceptors (Lipinski definition) is 8. The van der Waals surface area contributed by atoms with Crippen LogP contribution in [0.2, 0.25) is 0 Å². The molecule has 0 unspecified atom stereocenters. The summed E-state index contributed by atoms with van der Waals surface area (Å²) in [5.41, 5.74) is 2.03. The summed E-state index contributed by atoms with van der Waals surface area (Å²) < 4.78 is 33.4. The van der Waals surface area contributed by atoms with E-state index >= 15 is 0 Å². The molecule has 0 amide bonds. The lowest BCUT2D eigenvalue weighted by Gasteiger charge is -2.40. The van der Waals surface area contributed by atoms with Gasteiger partial charge in [0.15, 0.2) is 0 Å². The summed E-state index contributed by atoms with van der Waals surface area (Å²) in [4.78, 5) is 25.3. The zero-order valence-electron chi connectivity index (χ0n) is 24.3. The third kappa shape index (κ3) is 7.37. The predicted molar refractivity (Wildman–Crippen MR) is 156 cm³/mol. The van der Waals surface area contributed by atoms with Crippen LogP contribution in [0.15, 0.2) is 72.8 Å². The van der Waals surface area contributed by atoms with Gasteiger partial charge in [-0.2, -0.15) is 0 Å². The minimum absolute atomic E-state index is 0.145. The van der Waals surface area contributed by atoms with Gasteiger partial charge in [-0.05, 0) is 85.5 Å². The molecule has 0 saturated carbocycles.